The maximum atomic E-state index is 14.7. The van der Waals surface area contributed by atoms with Gasteiger partial charge in [0.05, 0.1) is 17.8 Å². The molecule has 0 radical (unpaired) electrons. The number of nitrogens with one attached hydrogen (secondary N) is 2. The number of amides is 3. The summed E-state index contributed by atoms with van der Waals surface area (Å²) < 4.78 is 12.8. The van der Waals surface area contributed by atoms with Crippen molar-refractivity contribution >= 4 is 34.6 Å². The summed E-state index contributed by atoms with van der Waals surface area (Å²) in [6.45, 7) is 7.76. The number of pyridine rings is 1. The van der Waals surface area contributed by atoms with Crippen LogP contribution in [0.2, 0.25) is 0 Å². The van der Waals surface area contributed by atoms with Crippen LogP contribution in [-0.4, -0.2) is 68.9 Å². The molecule has 1 spiro atoms. The summed E-state index contributed by atoms with van der Waals surface area (Å²) >= 11 is 0. The Balaban J connectivity index is 1.22. The third-order valence-corrected chi connectivity index (χ3v) is 12.1. The number of ketones is 1. The molecule has 3 aliphatic heterocycles. The van der Waals surface area contributed by atoms with Gasteiger partial charge in [0.2, 0.25) is 11.8 Å². The summed E-state index contributed by atoms with van der Waals surface area (Å²) in [5.74, 6) is 0.0570. The van der Waals surface area contributed by atoms with Gasteiger partial charge in [-0.25, -0.2) is 9.78 Å². The molecule has 1 aromatic carbocycles. The van der Waals surface area contributed by atoms with E-state index in [-0.39, 0.29) is 42.4 Å². The van der Waals surface area contributed by atoms with E-state index in [9.17, 15) is 19.2 Å². The summed E-state index contributed by atoms with van der Waals surface area (Å²) in [6, 6.07) is 6.30. The smallest absolute Gasteiger partial charge is 0.408 e. The summed E-state index contributed by atoms with van der Waals surface area (Å²) in [6.07, 6.45) is 12.0. The lowest BCUT2D eigenvalue weighted by atomic mass is 9.64. The standard InChI is InChI=1S/C39H50N4O6/c1-24(2)38(20-21-38)49-36(47)41-31-15-9-7-5-6-8-12-27-16-19-39(27,26(4)44)42-34(45)32-22-37(23-43(32)35(31)46)18-17-29-28-13-10-11-14-30(28)40-25(3)33(29)48-37/h8,10-14,24,27,31-32H,5-7,9,15-23H2,1-4H3,(H,41,47)(H,42,45). The molecule has 5 atom stereocenters. The Hall–Kier alpha value is -3.95. The van der Waals surface area contributed by atoms with Gasteiger partial charge in [-0.15, -0.1) is 0 Å². The number of fused-ring (bicyclic) bond motifs is 5. The molecule has 3 fully saturated rings. The molecule has 2 N–H and O–H groups in total. The van der Waals surface area contributed by atoms with Crippen LogP contribution in [0.4, 0.5) is 4.79 Å². The zero-order chi connectivity index (χ0) is 34.6. The molecule has 1 aromatic heterocycles. The van der Waals surface area contributed by atoms with Crippen LogP contribution in [0.15, 0.2) is 36.4 Å². The van der Waals surface area contributed by atoms with Gasteiger partial charge in [-0.1, -0.05) is 57.0 Å². The van der Waals surface area contributed by atoms with Crippen molar-refractivity contribution in [1.29, 1.82) is 0 Å². The predicted molar refractivity (Wildman–Crippen MR) is 185 cm³/mol. The number of hydrogen-bond acceptors (Lipinski definition) is 7. The number of rotatable bonds is 4. The van der Waals surface area contributed by atoms with Crippen LogP contribution in [0.5, 0.6) is 5.75 Å². The van der Waals surface area contributed by atoms with Gasteiger partial charge in [0.1, 0.15) is 34.6 Å². The second kappa shape index (κ2) is 12.7. The average molecular weight is 671 g/mol. The third kappa shape index (κ3) is 6.09. The fourth-order valence-electron chi connectivity index (χ4n) is 8.70. The third-order valence-electron chi connectivity index (χ3n) is 12.1. The quantitative estimate of drug-likeness (QED) is 0.390. The molecule has 1 saturated heterocycles. The Kier molecular flexibility index (Phi) is 8.72. The topological polar surface area (TPSA) is 127 Å². The van der Waals surface area contributed by atoms with E-state index in [4.69, 9.17) is 14.5 Å². The number of aryl methyl sites for hydroxylation is 2. The first-order valence-electron chi connectivity index (χ1n) is 18.3. The van der Waals surface area contributed by atoms with Crippen LogP contribution < -0.4 is 15.4 Å². The molecule has 2 aromatic rings. The predicted octanol–water partition coefficient (Wildman–Crippen LogP) is 5.87. The van der Waals surface area contributed by atoms with Gasteiger partial charge in [0.25, 0.3) is 0 Å². The number of benzene rings is 1. The fraction of sp³-hybridized carbons (Fsp3) is 0.615. The summed E-state index contributed by atoms with van der Waals surface area (Å²) in [5.41, 5.74) is 0.475. The lowest BCUT2D eigenvalue weighted by Crippen LogP contribution is -2.66. The molecule has 10 heteroatoms. The Bertz CT molecular complexity index is 1700. The second-order valence-electron chi connectivity index (χ2n) is 15.5. The van der Waals surface area contributed by atoms with Crippen molar-refractivity contribution < 1.29 is 28.7 Å². The number of ether oxygens (including phenoxy) is 2. The van der Waals surface area contributed by atoms with E-state index in [1.165, 1.54) is 0 Å². The largest absolute Gasteiger partial charge is 0.483 e. The van der Waals surface area contributed by atoms with Gasteiger partial charge in [0, 0.05) is 23.3 Å². The minimum atomic E-state index is -0.992. The molecule has 3 amide bonds. The van der Waals surface area contributed by atoms with E-state index in [2.05, 4.69) is 28.9 Å². The van der Waals surface area contributed by atoms with E-state index in [1.54, 1.807) is 11.8 Å². The van der Waals surface area contributed by atoms with Crippen molar-refractivity contribution in [1.82, 2.24) is 20.5 Å². The average Bonchev–Trinajstić information content (AvgIpc) is 3.76. The minimum absolute atomic E-state index is 0.0745. The number of para-hydroxylation sites is 1. The monoisotopic (exact) mass is 670 g/mol. The maximum Gasteiger partial charge on any atom is 0.408 e. The normalized spacial score (nSPS) is 31.0. The van der Waals surface area contributed by atoms with Gasteiger partial charge < -0.3 is 25.0 Å². The molecule has 262 valence electrons. The Morgan fingerprint density at radius 1 is 1.08 bits per heavy atom. The number of aromatic nitrogens is 1. The summed E-state index contributed by atoms with van der Waals surface area (Å²) in [7, 11) is 0. The maximum absolute atomic E-state index is 14.7. The fourth-order valence-corrected chi connectivity index (χ4v) is 8.70. The van der Waals surface area contributed by atoms with Crippen molar-refractivity contribution in [2.24, 2.45) is 11.8 Å². The number of carbonyl (C=O) groups excluding carboxylic acids is 4. The molecule has 7 rings (SSSR count). The molecule has 5 aliphatic rings. The van der Waals surface area contributed by atoms with Gasteiger partial charge >= 0.3 is 6.09 Å². The van der Waals surface area contributed by atoms with Crippen LogP contribution >= 0.6 is 0 Å². The van der Waals surface area contributed by atoms with Crippen molar-refractivity contribution in [3.8, 4) is 5.75 Å². The Morgan fingerprint density at radius 3 is 2.59 bits per heavy atom. The zero-order valence-electron chi connectivity index (χ0n) is 29.3. The van der Waals surface area contributed by atoms with Crippen molar-refractivity contribution in [2.75, 3.05) is 6.54 Å². The summed E-state index contributed by atoms with van der Waals surface area (Å²) in [4.78, 5) is 62.0. The minimum Gasteiger partial charge on any atom is -0.483 e. The molecule has 2 saturated carbocycles. The number of carbonyl (C=O) groups is 4. The molecular weight excluding hydrogens is 620 g/mol. The molecule has 4 heterocycles. The first kappa shape index (κ1) is 33.5. The van der Waals surface area contributed by atoms with Crippen LogP contribution in [0, 0.1) is 18.8 Å². The van der Waals surface area contributed by atoms with E-state index >= 15 is 0 Å². The van der Waals surface area contributed by atoms with Crippen LogP contribution in [0.1, 0.15) is 103 Å². The Morgan fingerprint density at radius 2 is 1.88 bits per heavy atom. The Labute approximate surface area is 288 Å². The SMILES string of the molecule is CC(=O)C12CCC1C=CCCCCCC(NC(=O)OC1(C(C)C)CC1)C(=O)N1CC3(CCc4c(c(C)nc5ccccc45)O3)CC1C(=O)N2. The molecule has 2 aliphatic carbocycles. The highest BCUT2D eigenvalue weighted by atomic mass is 16.6. The number of hydrogen-bond donors (Lipinski definition) is 2. The van der Waals surface area contributed by atoms with Crippen LogP contribution in [0.3, 0.4) is 0 Å². The first-order valence-corrected chi connectivity index (χ1v) is 18.3. The number of alkyl carbamates (subject to hydrolysis) is 1. The van der Waals surface area contributed by atoms with E-state index in [0.717, 1.165) is 67.1 Å². The second-order valence-corrected chi connectivity index (χ2v) is 15.5. The zero-order valence-corrected chi connectivity index (χ0v) is 29.3. The molecule has 0 bridgehead atoms. The summed E-state index contributed by atoms with van der Waals surface area (Å²) in [5, 5.41) is 7.13. The van der Waals surface area contributed by atoms with Crippen molar-refractivity contribution in [3.63, 3.8) is 0 Å². The van der Waals surface area contributed by atoms with Gasteiger partial charge in [-0.3, -0.25) is 14.4 Å². The first-order chi connectivity index (χ1) is 23.5. The molecule has 49 heavy (non-hydrogen) atoms. The van der Waals surface area contributed by atoms with Crippen LogP contribution in [0.25, 0.3) is 10.9 Å². The highest BCUT2D eigenvalue weighted by molar-refractivity contribution is 5.97. The lowest BCUT2D eigenvalue weighted by molar-refractivity contribution is -0.144. The van der Waals surface area contributed by atoms with Gasteiger partial charge in [-0.2, -0.15) is 0 Å². The van der Waals surface area contributed by atoms with Crippen molar-refractivity contribution in [2.45, 2.75) is 134 Å². The van der Waals surface area contributed by atoms with Crippen LogP contribution in [-0.2, 0) is 25.5 Å². The highest BCUT2D eigenvalue weighted by Crippen LogP contribution is 2.47. The van der Waals surface area contributed by atoms with Gasteiger partial charge in [0.15, 0.2) is 5.78 Å². The lowest BCUT2D eigenvalue weighted by Gasteiger charge is -2.47. The molecule has 5 unspecified atom stereocenters. The number of allylic oxidation sites excluding steroid dienone is 1. The highest BCUT2D eigenvalue weighted by Gasteiger charge is 2.57. The number of Topliss-reactive ketones (excluding diaryl/α,β-unsaturated/α-hetero) is 1. The molecular formula is C39H50N4O6. The molecule has 10 nitrogen and oxygen atoms in total. The van der Waals surface area contributed by atoms with E-state index in [1.807, 2.05) is 39.0 Å². The van der Waals surface area contributed by atoms with Gasteiger partial charge in [-0.05, 0) is 83.6 Å². The van der Waals surface area contributed by atoms with E-state index in [0.29, 0.717) is 31.4 Å². The van der Waals surface area contributed by atoms with E-state index < -0.39 is 34.9 Å². The number of nitrogens with zero attached hydrogens (tertiary/aromatic N) is 2. The van der Waals surface area contributed by atoms with Crippen molar-refractivity contribution in [3.05, 3.63) is 47.7 Å².